The summed E-state index contributed by atoms with van der Waals surface area (Å²) >= 11 is 0. The topological polar surface area (TPSA) is 78.9 Å². The number of rotatable bonds is 5. The number of hydrogen-bond acceptors (Lipinski definition) is 5. The van der Waals surface area contributed by atoms with Gasteiger partial charge in [-0.1, -0.05) is 0 Å². The summed E-state index contributed by atoms with van der Waals surface area (Å²) in [6.07, 6.45) is 0.543. The zero-order valence-electron chi connectivity index (χ0n) is 10.9. The molecule has 0 fully saturated rings. The maximum atomic E-state index is 13.2. The van der Waals surface area contributed by atoms with Crippen molar-refractivity contribution in [1.82, 2.24) is 20.2 Å². The van der Waals surface area contributed by atoms with Gasteiger partial charge in [0.25, 0.3) is 0 Å². The molecule has 0 bridgehead atoms. The number of tetrazole rings is 1. The van der Waals surface area contributed by atoms with Gasteiger partial charge < -0.3 is 10.5 Å². The molecule has 0 spiro atoms. The summed E-state index contributed by atoms with van der Waals surface area (Å²) in [5, 5.41) is 11.5. The van der Waals surface area contributed by atoms with Crippen molar-refractivity contribution in [2.75, 3.05) is 0 Å². The Morgan fingerprint density at radius 1 is 1.47 bits per heavy atom. The fourth-order valence-electron chi connectivity index (χ4n) is 1.72. The van der Waals surface area contributed by atoms with E-state index in [9.17, 15) is 4.39 Å². The summed E-state index contributed by atoms with van der Waals surface area (Å²) in [5.41, 5.74) is 6.47. The second kappa shape index (κ2) is 5.75. The molecule has 0 saturated heterocycles. The summed E-state index contributed by atoms with van der Waals surface area (Å²) in [7, 11) is 1.68. The third-order valence-electron chi connectivity index (χ3n) is 2.47. The van der Waals surface area contributed by atoms with Gasteiger partial charge in [-0.05, 0) is 42.3 Å². The number of hydrogen-bond donors (Lipinski definition) is 1. The Morgan fingerprint density at radius 2 is 2.26 bits per heavy atom. The first kappa shape index (κ1) is 13.4. The fourth-order valence-corrected chi connectivity index (χ4v) is 1.72. The molecule has 1 atom stereocenters. The minimum absolute atomic E-state index is 0.0706. The van der Waals surface area contributed by atoms with Crippen LogP contribution in [0.2, 0.25) is 0 Å². The van der Waals surface area contributed by atoms with Gasteiger partial charge in [-0.2, -0.15) is 4.80 Å². The van der Waals surface area contributed by atoms with Crippen LogP contribution in [0.3, 0.4) is 0 Å². The van der Waals surface area contributed by atoms with E-state index in [4.69, 9.17) is 10.5 Å². The highest BCUT2D eigenvalue weighted by molar-refractivity contribution is 5.34. The summed E-state index contributed by atoms with van der Waals surface area (Å²) in [6.45, 7) is 2.05. The van der Waals surface area contributed by atoms with Crippen LogP contribution < -0.4 is 10.5 Å². The van der Waals surface area contributed by atoms with Crippen LogP contribution in [0.5, 0.6) is 5.75 Å². The molecule has 0 aliphatic heterocycles. The zero-order valence-corrected chi connectivity index (χ0v) is 10.9. The van der Waals surface area contributed by atoms with Crippen molar-refractivity contribution in [3.63, 3.8) is 0 Å². The molecule has 102 valence electrons. The van der Waals surface area contributed by atoms with Crippen molar-refractivity contribution in [3.05, 3.63) is 35.4 Å². The number of benzene rings is 1. The molecule has 0 amide bonds. The van der Waals surface area contributed by atoms with E-state index in [2.05, 4.69) is 15.4 Å². The number of ether oxygens (including phenoxy) is 1. The van der Waals surface area contributed by atoms with Crippen molar-refractivity contribution in [1.29, 1.82) is 0 Å². The van der Waals surface area contributed by atoms with Gasteiger partial charge in [-0.15, -0.1) is 10.2 Å². The van der Waals surface area contributed by atoms with Crippen LogP contribution in [-0.2, 0) is 20.1 Å². The normalized spacial score (nSPS) is 12.4. The summed E-state index contributed by atoms with van der Waals surface area (Å²) in [4.78, 5) is 1.35. The number of nitrogens with zero attached hydrogens (tertiary/aromatic N) is 4. The van der Waals surface area contributed by atoms with E-state index in [1.54, 1.807) is 13.1 Å². The highest BCUT2D eigenvalue weighted by Gasteiger charge is 2.09. The molecule has 1 aromatic heterocycles. The third-order valence-corrected chi connectivity index (χ3v) is 2.47. The minimum atomic E-state index is -0.305. The van der Waals surface area contributed by atoms with Crippen molar-refractivity contribution in [2.24, 2.45) is 12.8 Å². The van der Waals surface area contributed by atoms with Gasteiger partial charge in [0.1, 0.15) is 11.6 Å². The largest absolute Gasteiger partial charge is 0.485 e. The van der Waals surface area contributed by atoms with Crippen LogP contribution in [0.15, 0.2) is 18.2 Å². The van der Waals surface area contributed by atoms with Gasteiger partial charge in [-0.25, -0.2) is 4.39 Å². The maximum absolute atomic E-state index is 13.2. The minimum Gasteiger partial charge on any atom is -0.485 e. The number of halogens is 1. The van der Waals surface area contributed by atoms with E-state index in [-0.39, 0.29) is 18.5 Å². The van der Waals surface area contributed by atoms with Crippen molar-refractivity contribution >= 4 is 0 Å². The Morgan fingerprint density at radius 3 is 2.89 bits per heavy atom. The fraction of sp³-hybridized carbons (Fsp3) is 0.417. The van der Waals surface area contributed by atoms with Gasteiger partial charge in [0.05, 0.1) is 7.05 Å². The predicted octanol–water partition coefficient (Wildman–Crippen LogP) is 0.818. The first-order valence-electron chi connectivity index (χ1n) is 5.94. The standard InChI is InChI=1S/C12H16FN5O/c1-8(14)5-9-6-10(13)3-4-11(9)19-7-12-15-17-18(2)16-12/h3-4,6,8H,5,7,14H2,1-2H3. The Hall–Kier alpha value is -2.02. The average Bonchev–Trinajstić information content (AvgIpc) is 2.73. The molecule has 0 saturated carbocycles. The van der Waals surface area contributed by atoms with Crippen LogP contribution in [0.4, 0.5) is 4.39 Å². The second-order valence-electron chi connectivity index (χ2n) is 4.42. The molecular weight excluding hydrogens is 249 g/mol. The number of nitrogens with two attached hydrogens (primary N) is 1. The third kappa shape index (κ3) is 3.72. The molecule has 2 rings (SSSR count). The summed E-state index contributed by atoms with van der Waals surface area (Å²) < 4.78 is 18.8. The van der Waals surface area contributed by atoms with E-state index < -0.39 is 0 Å². The second-order valence-corrected chi connectivity index (χ2v) is 4.42. The molecule has 0 aliphatic rings. The van der Waals surface area contributed by atoms with Crippen molar-refractivity contribution in [2.45, 2.75) is 26.0 Å². The van der Waals surface area contributed by atoms with Gasteiger partial charge in [0.15, 0.2) is 6.61 Å². The van der Waals surface area contributed by atoms with Crippen LogP contribution in [0.25, 0.3) is 0 Å². The molecule has 2 N–H and O–H groups in total. The monoisotopic (exact) mass is 265 g/mol. The van der Waals surface area contributed by atoms with Crippen molar-refractivity contribution in [3.8, 4) is 5.75 Å². The number of aromatic nitrogens is 4. The Labute approximate surface area is 110 Å². The molecule has 1 unspecified atom stereocenters. The quantitative estimate of drug-likeness (QED) is 0.865. The highest BCUT2D eigenvalue weighted by atomic mass is 19.1. The molecule has 7 heteroatoms. The molecule has 1 heterocycles. The van der Waals surface area contributed by atoms with Gasteiger partial charge in [0, 0.05) is 6.04 Å². The van der Waals surface area contributed by atoms with Gasteiger partial charge >= 0.3 is 0 Å². The van der Waals surface area contributed by atoms with Gasteiger partial charge in [0.2, 0.25) is 5.82 Å². The average molecular weight is 265 g/mol. The first-order valence-corrected chi connectivity index (χ1v) is 5.94. The van der Waals surface area contributed by atoms with E-state index in [0.29, 0.717) is 18.0 Å². The molecule has 19 heavy (non-hydrogen) atoms. The molecular formula is C12H16FN5O. The van der Waals surface area contributed by atoms with E-state index in [0.717, 1.165) is 5.56 Å². The first-order chi connectivity index (χ1) is 9.04. The van der Waals surface area contributed by atoms with Crippen LogP contribution in [-0.4, -0.2) is 26.2 Å². The van der Waals surface area contributed by atoms with Crippen LogP contribution in [0.1, 0.15) is 18.3 Å². The lowest BCUT2D eigenvalue weighted by Crippen LogP contribution is -2.18. The van der Waals surface area contributed by atoms with Crippen LogP contribution >= 0.6 is 0 Å². The highest BCUT2D eigenvalue weighted by Crippen LogP contribution is 2.21. The predicted molar refractivity (Wildman–Crippen MR) is 66.9 cm³/mol. The summed E-state index contributed by atoms with van der Waals surface area (Å²) in [6, 6.07) is 4.30. The molecule has 6 nitrogen and oxygen atoms in total. The maximum Gasteiger partial charge on any atom is 0.212 e. The summed E-state index contributed by atoms with van der Waals surface area (Å²) in [5.74, 6) is 0.755. The van der Waals surface area contributed by atoms with Crippen molar-refractivity contribution < 1.29 is 9.13 Å². The Balaban J connectivity index is 2.10. The lowest BCUT2D eigenvalue weighted by Gasteiger charge is -2.12. The van der Waals surface area contributed by atoms with Gasteiger partial charge in [-0.3, -0.25) is 0 Å². The Bertz CT molecular complexity index is 555. The van der Waals surface area contributed by atoms with Crippen LogP contribution in [0, 0.1) is 5.82 Å². The molecule has 0 radical (unpaired) electrons. The SMILES string of the molecule is CC(N)Cc1cc(F)ccc1OCc1nnn(C)n1. The van der Waals surface area contributed by atoms with E-state index in [1.165, 1.54) is 16.9 Å². The molecule has 2 aromatic rings. The smallest absolute Gasteiger partial charge is 0.212 e. The zero-order chi connectivity index (χ0) is 13.8. The number of aryl methyl sites for hydroxylation is 1. The van der Waals surface area contributed by atoms with E-state index >= 15 is 0 Å². The lowest BCUT2D eigenvalue weighted by molar-refractivity contribution is 0.291. The molecule has 1 aromatic carbocycles. The Kier molecular flexibility index (Phi) is 4.06. The lowest BCUT2D eigenvalue weighted by atomic mass is 10.1. The molecule has 0 aliphatic carbocycles. The van der Waals surface area contributed by atoms with E-state index in [1.807, 2.05) is 6.92 Å².